The summed E-state index contributed by atoms with van der Waals surface area (Å²) < 4.78 is 5.11. The van der Waals surface area contributed by atoms with Crippen molar-refractivity contribution >= 4 is 17.7 Å². The van der Waals surface area contributed by atoms with Gasteiger partial charge in [-0.3, -0.25) is 4.79 Å². The normalized spacial score (nSPS) is 12.5. The van der Waals surface area contributed by atoms with Crippen LogP contribution in [0.25, 0.3) is 0 Å². The number of hydrogen-bond donors (Lipinski definition) is 2. The molecule has 0 aliphatic carbocycles. The number of hydrogen-bond acceptors (Lipinski definition) is 3. The lowest BCUT2D eigenvalue weighted by Gasteiger charge is -2.21. The maximum Gasteiger partial charge on any atom is 0.408 e. The number of anilines is 1. The van der Waals surface area contributed by atoms with Crippen LogP contribution in [0.1, 0.15) is 38.8 Å². The third-order valence-electron chi connectivity index (χ3n) is 2.90. The molecule has 0 spiro atoms. The Morgan fingerprint density at radius 3 is 2.29 bits per heavy atom. The fourth-order valence-corrected chi connectivity index (χ4v) is 1.62. The van der Waals surface area contributed by atoms with Gasteiger partial charge < -0.3 is 15.4 Å². The molecule has 5 heteroatoms. The summed E-state index contributed by atoms with van der Waals surface area (Å²) in [5, 5.41) is 5.28. The number of rotatable bonds is 3. The van der Waals surface area contributed by atoms with E-state index >= 15 is 0 Å². The molecule has 0 heterocycles. The molecule has 2 N–H and O–H groups in total. The van der Waals surface area contributed by atoms with E-state index in [9.17, 15) is 9.59 Å². The van der Waals surface area contributed by atoms with Crippen LogP contribution in [0.5, 0.6) is 0 Å². The minimum Gasteiger partial charge on any atom is -0.444 e. The molecular formula is C16H24N2O3. The Balaban J connectivity index is 2.58. The summed E-state index contributed by atoms with van der Waals surface area (Å²) in [6.45, 7) is 10.9. The molecule has 0 radical (unpaired) electrons. The number of alkyl carbamates (subject to hydrolysis) is 1. The summed E-state index contributed by atoms with van der Waals surface area (Å²) in [5.41, 5.74) is 2.38. The van der Waals surface area contributed by atoms with Crippen LogP contribution in [0.15, 0.2) is 18.2 Å². The van der Waals surface area contributed by atoms with E-state index in [1.54, 1.807) is 27.7 Å². The highest BCUT2D eigenvalue weighted by atomic mass is 16.6. The second-order valence-electron chi connectivity index (χ2n) is 6.16. The highest BCUT2D eigenvalue weighted by Gasteiger charge is 2.21. The van der Waals surface area contributed by atoms with Crippen LogP contribution in [0, 0.1) is 13.8 Å². The molecule has 1 unspecified atom stereocenters. The van der Waals surface area contributed by atoms with Crippen molar-refractivity contribution in [3.63, 3.8) is 0 Å². The maximum absolute atomic E-state index is 12.0. The monoisotopic (exact) mass is 292 g/mol. The molecule has 5 nitrogen and oxygen atoms in total. The molecular weight excluding hydrogens is 268 g/mol. The van der Waals surface area contributed by atoms with Crippen LogP contribution >= 0.6 is 0 Å². The second kappa shape index (κ2) is 6.61. The van der Waals surface area contributed by atoms with Gasteiger partial charge in [0.2, 0.25) is 5.91 Å². The zero-order valence-corrected chi connectivity index (χ0v) is 13.5. The zero-order chi connectivity index (χ0) is 16.2. The fraction of sp³-hybridized carbons (Fsp3) is 0.500. The quantitative estimate of drug-likeness (QED) is 0.899. The molecule has 0 bridgehead atoms. The van der Waals surface area contributed by atoms with Crippen LogP contribution < -0.4 is 10.6 Å². The van der Waals surface area contributed by atoms with Gasteiger partial charge in [-0.2, -0.15) is 0 Å². The summed E-state index contributed by atoms with van der Waals surface area (Å²) in [5.74, 6) is -0.288. The van der Waals surface area contributed by atoms with Gasteiger partial charge >= 0.3 is 6.09 Å². The Kier molecular flexibility index (Phi) is 5.35. The van der Waals surface area contributed by atoms with Gasteiger partial charge in [0.15, 0.2) is 0 Å². The maximum atomic E-state index is 12.0. The molecule has 1 rings (SSSR count). The van der Waals surface area contributed by atoms with Crippen LogP contribution in [0.4, 0.5) is 10.5 Å². The highest BCUT2D eigenvalue weighted by molar-refractivity contribution is 5.96. The minimum absolute atomic E-state index is 0.288. The molecule has 0 aromatic heterocycles. The Bertz CT molecular complexity index is 533. The lowest BCUT2D eigenvalue weighted by molar-refractivity contribution is -0.117. The molecule has 0 aliphatic rings. The third-order valence-corrected chi connectivity index (χ3v) is 2.90. The summed E-state index contributed by atoms with van der Waals surface area (Å²) in [7, 11) is 0. The van der Waals surface area contributed by atoms with Crippen molar-refractivity contribution in [2.45, 2.75) is 53.2 Å². The second-order valence-corrected chi connectivity index (χ2v) is 6.16. The van der Waals surface area contributed by atoms with Crippen molar-refractivity contribution in [2.24, 2.45) is 0 Å². The van der Waals surface area contributed by atoms with Crippen molar-refractivity contribution < 1.29 is 14.3 Å². The fourth-order valence-electron chi connectivity index (χ4n) is 1.62. The molecule has 21 heavy (non-hydrogen) atoms. The van der Waals surface area contributed by atoms with E-state index in [4.69, 9.17) is 4.74 Å². The Morgan fingerprint density at radius 2 is 1.76 bits per heavy atom. The van der Waals surface area contributed by atoms with E-state index in [-0.39, 0.29) is 5.91 Å². The summed E-state index contributed by atoms with van der Waals surface area (Å²) >= 11 is 0. The van der Waals surface area contributed by atoms with E-state index in [1.165, 1.54) is 0 Å². The molecule has 1 atom stereocenters. The summed E-state index contributed by atoms with van der Waals surface area (Å²) in [4.78, 5) is 23.6. The molecule has 0 aliphatic heterocycles. The number of benzene rings is 1. The topological polar surface area (TPSA) is 67.4 Å². The highest BCUT2D eigenvalue weighted by Crippen LogP contribution is 2.14. The van der Waals surface area contributed by atoms with Crippen LogP contribution in [-0.4, -0.2) is 23.6 Å². The number of ether oxygens (including phenoxy) is 1. The molecule has 0 saturated heterocycles. The van der Waals surface area contributed by atoms with Gasteiger partial charge in [0.05, 0.1) is 0 Å². The average molecular weight is 292 g/mol. The first kappa shape index (κ1) is 17.0. The van der Waals surface area contributed by atoms with E-state index in [2.05, 4.69) is 10.6 Å². The van der Waals surface area contributed by atoms with Gasteiger partial charge in [0, 0.05) is 5.69 Å². The summed E-state index contributed by atoms with van der Waals surface area (Å²) in [6, 6.07) is 4.99. The van der Waals surface area contributed by atoms with Crippen molar-refractivity contribution in [1.29, 1.82) is 0 Å². The van der Waals surface area contributed by atoms with Crippen molar-refractivity contribution in [1.82, 2.24) is 5.32 Å². The molecule has 2 amide bonds. The molecule has 1 aromatic carbocycles. The molecule has 116 valence electrons. The molecule has 1 aromatic rings. The Morgan fingerprint density at radius 1 is 1.14 bits per heavy atom. The summed E-state index contributed by atoms with van der Waals surface area (Å²) in [6.07, 6.45) is -0.606. The van der Waals surface area contributed by atoms with Crippen LogP contribution in [-0.2, 0) is 9.53 Å². The van der Waals surface area contributed by atoms with Crippen LogP contribution in [0.2, 0.25) is 0 Å². The van der Waals surface area contributed by atoms with Gasteiger partial charge in [-0.25, -0.2) is 4.79 Å². The van der Waals surface area contributed by atoms with E-state index in [0.29, 0.717) is 5.69 Å². The number of carbonyl (C=O) groups excluding carboxylic acids is 2. The Labute approximate surface area is 126 Å². The first-order chi connectivity index (χ1) is 9.58. The van der Waals surface area contributed by atoms with Crippen molar-refractivity contribution in [3.8, 4) is 0 Å². The minimum atomic E-state index is -0.679. The first-order valence-corrected chi connectivity index (χ1v) is 6.96. The SMILES string of the molecule is Cc1ccc(NC(=O)C(C)NC(=O)OC(C)(C)C)cc1C. The Hall–Kier alpha value is -2.04. The first-order valence-electron chi connectivity index (χ1n) is 6.96. The predicted molar refractivity (Wildman–Crippen MR) is 83.4 cm³/mol. The van der Waals surface area contributed by atoms with Gasteiger partial charge in [-0.15, -0.1) is 0 Å². The predicted octanol–water partition coefficient (Wildman–Crippen LogP) is 3.16. The number of nitrogens with one attached hydrogen (secondary N) is 2. The number of carbonyl (C=O) groups is 2. The third kappa shape index (κ3) is 5.85. The van der Waals surface area contributed by atoms with Gasteiger partial charge in [-0.05, 0) is 64.8 Å². The molecule has 0 fully saturated rings. The lowest BCUT2D eigenvalue weighted by atomic mass is 10.1. The van der Waals surface area contributed by atoms with Crippen molar-refractivity contribution in [3.05, 3.63) is 29.3 Å². The van der Waals surface area contributed by atoms with Crippen molar-refractivity contribution in [2.75, 3.05) is 5.32 Å². The largest absolute Gasteiger partial charge is 0.444 e. The van der Waals surface area contributed by atoms with Gasteiger partial charge in [0.25, 0.3) is 0 Å². The van der Waals surface area contributed by atoms with E-state index < -0.39 is 17.7 Å². The lowest BCUT2D eigenvalue weighted by Crippen LogP contribution is -2.43. The number of amides is 2. The van der Waals surface area contributed by atoms with Gasteiger partial charge in [-0.1, -0.05) is 6.07 Å². The number of aryl methyl sites for hydroxylation is 2. The van der Waals surface area contributed by atoms with E-state index in [0.717, 1.165) is 11.1 Å². The van der Waals surface area contributed by atoms with E-state index in [1.807, 2.05) is 32.0 Å². The standard InChI is InChI=1S/C16H24N2O3/c1-10-7-8-13(9-11(10)2)18-14(19)12(3)17-15(20)21-16(4,5)6/h7-9,12H,1-6H3,(H,17,20)(H,18,19). The molecule has 0 saturated carbocycles. The smallest absolute Gasteiger partial charge is 0.408 e. The average Bonchev–Trinajstić information content (AvgIpc) is 2.31. The van der Waals surface area contributed by atoms with Gasteiger partial charge in [0.1, 0.15) is 11.6 Å². The zero-order valence-electron chi connectivity index (χ0n) is 13.5. The van der Waals surface area contributed by atoms with Crippen LogP contribution in [0.3, 0.4) is 0 Å².